The Kier molecular flexibility index (Phi) is 4.11. The van der Waals surface area contributed by atoms with Crippen molar-refractivity contribution in [1.29, 1.82) is 0 Å². The van der Waals surface area contributed by atoms with Crippen molar-refractivity contribution in [2.75, 3.05) is 13.2 Å². The molecule has 1 aliphatic heterocycles. The maximum atomic E-state index is 5.94. The maximum Gasteiger partial charge on any atom is 0.137 e. The number of fused-ring (bicyclic) bond motifs is 2. The number of imidazole rings is 1. The van der Waals surface area contributed by atoms with Crippen LogP contribution in [0.15, 0.2) is 79.0 Å². The smallest absolute Gasteiger partial charge is 0.137 e. The monoisotopic (exact) mass is 355 g/mol. The van der Waals surface area contributed by atoms with Gasteiger partial charge in [0.1, 0.15) is 18.0 Å². The molecule has 0 unspecified atom stereocenters. The van der Waals surface area contributed by atoms with E-state index in [0.717, 1.165) is 42.3 Å². The number of aromatic nitrogens is 2. The molecule has 4 aromatic rings. The normalized spacial score (nSPS) is 14.5. The molecule has 0 radical (unpaired) electrons. The van der Waals surface area contributed by atoms with Gasteiger partial charge < -0.3 is 9.14 Å². The molecular formula is C23H21N3O. The summed E-state index contributed by atoms with van der Waals surface area (Å²) in [6.45, 7) is 3.30. The van der Waals surface area contributed by atoms with Gasteiger partial charge in [0.05, 0.1) is 11.4 Å². The standard InChI is InChI=1S/C23H21N3O/c1-2-8-18(9-3-1)23-20(26-13-7-6-12-22(26)24-23)17-25-14-15-27-21-11-5-4-10-19(21)16-25/h1-13H,14-17H2. The van der Waals surface area contributed by atoms with Gasteiger partial charge in [-0.3, -0.25) is 4.90 Å². The molecule has 0 fully saturated rings. The molecule has 2 aromatic carbocycles. The number of benzene rings is 2. The highest BCUT2D eigenvalue weighted by molar-refractivity contribution is 5.66. The highest BCUT2D eigenvalue weighted by Gasteiger charge is 2.20. The molecule has 4 nitrogen and oxygen atoms in total. The van der Waals surface area contributed by atoms with E-state index in [9.17, 15) is 0 Å². The minimum absolute atomic E-state index is 0.703. The molecule has 0 atom stereocenters. The minimum Gasteiger partial charge on any atom is -0.492 e. The van der Waals surface area contributed by atoms with Crippen LogP contribution in [-0.2, 0) is 13.1 Å². The predicted octanol–water partition coefficient (Wildman–Crippen LogP) is 4.40. The molecule has 4 heteroatoms. The first-order valence-electron chi connectivity index (χ1n) is 9.33. The number of ether oxygens (including phenoxy) is 1. The van der Waals surface area contributed by atoms with Crippen LogP contribution in [0.3, 0.4) is 0 Å². The van der Waals surface area contributed by atoms with Gasteiger partial charge >= 0.3 is 0 Å². The van der Waals surface area contributed by atoms with Crippen LogP contribution in [0.5, 0.6) is 5.75 Å². The van der Waals surface area contributed by atoms with Gasteiger partial charge in [0.25, 0.3) is 0 Å². The molecular weight excluding hydrogens is 334 g/mol. The Morgan fingerprint density at radius 3 is 2.63 bits per heavy atom. The van der Waals surface area contributed by atoms with Crippen LogP contribution in [-0.4, -0.2) is 27.4 Å². The number of hydrogen-bond donors (Lipinski definition) is 0. The third kappa shape index (κ3) is 3.09. The SMILES string of the molecule is c1ccc(-c2nc3ccccn3c2CN2CCOc3ccccc3C2)cc1. The maximum absolute atomic E-state index is 5.94. The zero-order chi connectivity index (χ0) is 18.1. The van der Waals surface area contributed by atoms with Gasteiger partial charge in [0.2, 0.25) is 0 Å². The molecule has 0 aliphatic carbocycles. The Labute approximate surface area is 158 Å². The lowest BCUT2D eigenvalue weighted by atomic mass is 10.1. The number of para-hydroxylation sites is 1. The van der Waals surface area contributed by atoms with Crippen LogP contribution in [0.4, 0.5) is 0 Å². The van der Waals surface area contributed by atoms with Crippen LogP contribution in [0, 0.1) is 0 Å². The number of hydrogen-bond acceptors (Lipinski definition) is 3. The average molecular weight is 355 g/mol. The number of nitrogens with zero attached hydrogens (tertiary/aromatic N) is 3. The highest BCUT2D eigenvalue weighted by Crippen LogP contribution is 2.28. The number of pyridine rings is 1. The van der Waals surface area contributed by atoms with Gasteiger partial charge in [-0.1, -0.05) is 54.6 Å². The lowest BCUT2D eigenvalue weighted by Crippen LogP contribution is -2.26. The van der Waals surface area contributed by atoms with Gasteiger partial charge in [-0.2, -0.15) is 0 Å². The van der Waals surface area contributed by atoms with Crippen LogP contribution in [0.25, 0.3) is 16.9 Å². The molecule has 134 valence electrons. The first kappa shape index (κ1) is 16.1. The van der Waals surface area contributed by atoms with Crippen molar-refractivity contribution < 1.29 is 4.74 Å². The van der Waals surface area contributed by atoms with E-state index in [1.165, 1.54) is 11.3 Å². The predicted molar refractivity (Wildman–Crippen MR) is 107 cm³/mol. The Bertz CT molecular complexity index is 1070. The fourth-order valence-electron chi connectivity index (χ4n) is 3.75. The fraction of sp³-hybridized carbons (Fsp3) is 0.174. The van der Waals surface area contributed by atoms with Crippen molar-refractivity contribution in [3.8, 4) is 17.0 Å². The summed E-state index contributed by atoms with van der Waals surface area (Å²) >= 11 is 0. The van der Waals surface area contributed by atoms with E-state index in [0.29, 0.717) is 6.61 Å². The summed E-state index contributed by atoms with van der Waals surface area (Å²) in [5, 5.41) is 0. The first-order valence-corrected chi connectivity index (χ1v) is 9.33. The average Bonchev–Trinajstić information content (AvgIpc) is 2.95. The molecule has 0 N–H and O–H groups in total. The van der Waals surface area contributed by atoms with Gasteiger partial charge in [-0.15, -0.1) is 0 Å². The first-order chi connectivity index (χ1) is 13.4. The third-order valence-corrected chi connectivity index (χ3v) is 5.08. The Morgan fingerprint density at radius 2 is 1.70 bits per heavy atom. The second-order valence-corrected chi connectivity index (χ2v) is 6.87. The molecule has 27 heavy (non-hydrogen) atoms. The lowest BCUT2D eigenvalue weighted by molar-refractivity contribution is 0.217. The number of rotatable bonds is 3. The molecule has 3 heterocycles. The van der Waals surface area contributed by atoms with E-state index >= 15 is 0 Å². The minimum atomic E-state index is 0.703. The van der Waals surface area contributed by atoms with E-state index in [-0.39, 0.29) is 0 Å². The second-order valence-electron chi connectivity index (χ2n) is 6.87. The Morgan fingerprint density at radius 1 is 0.889 bits per heavy atom. The third-order valence-electron chi connectivity index (χ3n) is 5.08. The van der Waals surface area contributed by atoms with Crippen molar-refractivity contribution in [3.05, 3.63) is 90.3 Å². The van der Waals surface area contributed by atoms with Gasteiger partial charge in [0, 0.05) is 37.0 Å². The zero-order valence-electron chi connectivity index (χ0n) is 15.1. The highest BCUT2D eigenvalue weighted by atomic mass is 16.5. The van der Waals surface area contributed by atoms with Crippen molar-refractivity contribution >= 4 is 5.65 Å². The van der Waals surface area contributed by atoms with Crippen LogP contribution >= 0.6 is 0 Å². The van der Waals surface area contributed by atoms with E-state index in [1.807, 2.05) is 18.2 Å². The quantitative estimate of drug-likeness (QED) is 0.546. The molecule has 0 bridgehead atoms. The molecule has 0 amide bonds. The second kappa shape index (κ2) is 6.89. The fourth-order valence-corrected chi connectivity index (χ4v) is 3.75. The summed E-state index contributed by atoms with van der Waals surface area (Å²) in [5.41, 5.74) is 5.65. The molecule has 0 spiro atoms. The molecule has 0 saturated heterocycles. The van der Waals surface area contributed by atoms with Crippen LogP contribution in [0.1, 0.15) is 11.3 Å². The molecule has 0 saturated carbocycles. The Balaban J connectivity index is 1.55. The summed E-state index contributed by atoms with van der Waals surface area (Å²) in [4.78, 5) is 7.36. The van der Waals surface area contributed by atoms with Gasteiger partial charge in [-0.25, -0.2) is 4.98 Å². The van der Waals surface area contributed by atoms with Crippen LogP contribution in [0.2, 0.25) is 0 Å². The van der Waals surface area contributed by atoms with Crippen molar-refractivity contribution in [2.45, 2.75) is 13.1 Å². The summed E-state index contributed by atoms with van der Waals surface area (Å²) in [6, 6.07) is 24.9. The van der Waals surface area contributed by atoms with E-state index < -0.39 is 0 Å². The summed E-state index contributed by atoms with van der Waals surface area (Å²) < 4.78 is 8.14. The van der Waals surface area contributed by atoms with Crippen molar-refractivity contribution in [1.82, 2.24) is 14.3 Å². The molecule has 5 rings (SSSR count). The largest absolute Gasteiger partial charge is 0.492 e. The van der Waals surface area contributed by atoms with E-state index in [2.05, 4.69) is 70.1 Å². The summed E-state index contributed by atoms with van der Waals surface area (Å²) in [5.74, 6) is 1.00. The zero-order valence-corrected chi connectivity index (χ0v) is 15.1. The van der Waals surface area contributed by atoms with E-state index in [1.54, 1.807) is 0 Å². The molecule has 2 aromatic heterocycles. The summed E-state index contributed by atoms with van der Waals surface area (Å²) in [6.07, 6.45) is 2.10. The van der Waals surface area contributed by atoms with Crippen molar-refractivity contribution in [3.63, 3.8) is 0 Å². The van der Waals surface area contributed by atoms with Crippen molar-refractivity contribution in [2.24, 2.45) is 0 Å². The lowest BCUT2D eigenvalue weighted by Gasteiger charge is -2.20. The Hall–Kier alpha value is -3.11. The molecule has 1 aliphatic rings. The topological polar surface area (TPSA) is 29.8 Å². The van der Waals surface area contributed by atoms with Gasteiger partial charge in [0.15, 0.2) is 0 Å². The van der Waals surface area contributed by atoms with Gasteiger partial charge in [-0.05, 0) is 18.2 Å². The van der Waals surface area contributed by atoms with E-state index in [4.69, 9.17) is 9.72 Å². The summed E-state index contributed by atoms with van der Waals surface area (Å²) in [7, 11) is 0. The van der Waals surface area contributed by atoms with Crippen LogP contribution < -0.4 is 4.74 Å².